The van der Waals surface area contributed by atoms with E-state index in [0.29, 0.717) is 27.4 Å². The highest BCUT2D eigenvalue weighted by atomic mass is 35.5. The molecule has 23 heavy (non-hydrogen) atoms. The van der Waals surface area contributed by atoms with Crippen LogP contribution in [0, 0.1) is 6.92 Å². The summed E-state index contributed by atoms with van der Waals surface area (Å²) in [5, 5.41) is 3.97. The molecule has 1 heterocycles. The molecule has 5 nitrogen and oxygen atoms in total. The molecule has 0 radical (unpaired) electrons. The van der Waals surface area contributed by atoms with Gasteiger partial charge >= 0.3 is 0 Å². The minimum Gasteiger partial charge on any atom is -0.449 e. The Balaban J connectivity index is 1.90. The second-order valence-electron chi connectivity index (χ2n) is 5.07. The standard InChI is InChI=1S/C17H13ClN2O3/c1-9-12-3-2-4-13(18)15(12)23-14(9)17(22)20-11-7-5-10(6-8-11)16(19)21/h2-8H,1H3,(H2,19,21)(H,20,22). The number of carbonyl (C=O) groups is 2. The number of hydrogen-bond donors (Lipinski definition) is 2. The Labute approximate surface area is 137 Å². The zero-order valence-corrected chi connectivity index (χ0v) is 13.0. The van der Waals surface area contributed by atoms with Gasteiger partial charge in [0.1, 0.15) is 0 Å². The van der Waals surface area contributed by atoms with Crippen LogP contribution in [0.5, 0.6) is 0 Å². The third kappa shape index (κ3) is 2.78. The monoisotopic (exact) mass is 328 g/mol. The van der Waals surface area contributed by atoms with Crippen LogP contribution in [-0.2, 0) is 0 Å². The lowest BCUT2D eigenvalue weighted by Gasteiger charge is -2.04. The summed E-state index contributed by atoms with van der Waals surface area (Å²) in [6.45, 7) is 1.80. The molecule has 116 valence electrons. The van der Waals surface area contributed by atoms with Crippen molar-refractivity contribution >= 4 is 40.1 Å². The molecule has 0 saturated heterocycles. The van der Waals surface area contributed by atoms with Crippen LogP contribution in [0.15, 0.2) is 46.9 Å². The molecule has 0 aliphatic rings. The van der Waals surface area contributed by atoms with E-state index < -0.39 is 5.91 Å². The van der Waals surface area contributed by atoms with Gasteiger partial charge in [0.15, 0.2) is 11.3 Å². The Hall–Kier alpha value is -2.79. The number of para-hydroxylation sites is 1. The highest BCUT2D eigenvalue weighted by Gasteiger charge is 2.19. The van der Waals surface area contributed by atoms with E-state index in [0.717, 1.165) is 5.39 Å². The van der Waals surface area contributed by atoms with Gasteiger partial charge in [-0.2, -0.15) is 0 Å². The molecule has 3 aromatic rings. The molecule has 0 aliphatic heterocycles. The van der Waals surface area contributed by atoms with Gasteiger partial charge in [-0.3, -0.25) is 9.59 Å². The van der Waals surface area contributed by atoms with Crippen molar-refractivity contribution in [3.05, 3.63) is 64.4 Å². The molecule has 0 saturated carbocycles. The Morgan fingerprint density at radius 3 is 2.43 bits per heavy atom. The van der Waals surface area contributed by atoms with Crippen LogP contribution in [0.25, 0.3) is 11.0 Å². The Kier molecular flexibility index (Phi) is 3.80. The molecule has 2 aromatic carbocycles. The van der Waals surface area contributed by atoms with Gasteiger partial charge in [-0.25, -0.2) is 0 Å². The quantitative estimate of drug-likeness (QED) is 0.767. The van der Waals surface area contributed by atoms with Crippen molar-refractivity contribution in [1.29, 1.82) is 0 Å². The molecule has 0 fully saturated rings. The van der Waals surface area contributed by atoms with E-state index in [-0.39, 0.29) is 11.7 Å². The number of primary amides is 1. The maximum absolute atomic E-state index is 12.4. The fourth-order valence-electron chi connectivity index (χ4n) is 2.33. The Morgan fingerprint density at radius 1 is 1.13 bits per heavy atom. The average molecular weight is 329 g/mol. The SMILES string of the molecule is Cc1c(C(=O)Nc2ccc(C(N)=O)cc2)oc2c(Cl)cccc12. The van der Waals surface area contributed by atoms with E-state index in [2.05, 4.69) is 5.32 Å². The molecule has 2 amide bonds. The van der Waals surface area contributed by atoms with Crippen molar-refractivity contribution in [3.63, 3.8) is 0 Å². The summed E-state index contributed by atoms with van der Waals surface area (Å²) in [4.78, 5) is 23.4. The summed E-state index contributed by atoms with van der Waals surface area (Å²) in [5.41, 5.74) is 7.29. The van der Waals surface area contributed by atoms with Crippen molar-refractivity contribution < 1.29 is 14.0 Å². The number of anilines is 1. The third-order valence-corrected chi connectivity index (χ3v) is 3.85. The van der Waals surface area contributed by atoms with Crippen molar-refractivity contribution in [2.75, 3.05) is 5.32 Å². The number of amides is 2. The molecule has 3 N–H and O–H groups in total. The predicted molar refractivity (Wildman–Crippen MR) is 88.9 cm³/mol. The van der Waals surface area contributed by atoms with Gasteiger partial charge in [0.25, 0.3) is 5.91 Å². The van der Waals surface area contributed by atoms with Crippen LogP contribution in [0.3, 0.4) is 0 Å². The first kappa shape index (κ1) is 15.1. The molecule has 0 unspecified atom stereocenters. The lowest BCUT2D eigenvalue weighted by molar-refractivity contribution is 0.0992. The van der Waals surface area contributed by atoms with Crippen molar-refractivity contribution in [1.82, 2.24) is 0 Å². The number of furan rings is 1. The van der Waals surface area contributed by atoms with Crippen LogP contribution in [0.4, 0.5) is 5.69 Å². The lowest BCUT2D eigenvalue weighted by Crippen LogP contribution is -2.13. The van der Waals surface area contributed by atoms with E-state index >= 15 is 0 Å². The van der Waals surface area contributed by atoms with Gasteiger partial charge in [0, 0.05) is 22.2 Å². The summed E-state index contributed by atoms with van der Waals surface area (Å²) >= 11 is 6.09. The Morgan fingerprint density at radius 2 is 1.83 bits per heavy atom. The van der Waals surface area contributed by atoms with Gasteiger partial charge in [0.05, 0.1) is 5.02 Å². The first-order valence-corrected chi connectivity index (χ1v) is 7.24. The minimum absolute atomic E-state index is 0.201. The molecule has 1 aromatic heterocycles. The summed E-state index contributed by atoms with van der Waals surface area (Å²) < 4.78 is 5.61. The normalized spacial score (nSPS) is 10.7. The first-order chi connectivity index (χ1) is 11.0. The fourth-order valence-corrected chi connectivity index (χ4v) is 2.54. The minimum atomic E-state index is -0.523. The molecule has 3 rings (SSSR count). The highest BCUT2D eigenvalue weighted by Crippen LogP contribution is 2.31. The van der Waals surface area contributed by atoms with Crippen LogP contribution in [0.1, 0.15) is 26.5 Å². The maximum atomic E-state index is 12.4. The number of nitrogens with one attached hydrogen (secondary N) is 1. The average Bonchev–Trinajstić information content (AvgIpc) is 2.87. The topological polar surface area (TPSA) is 85.3 Å². The molecule has 0 atom stereocenters. The van der Waals surface area contributed by atoms with Crippen LogP contribution in [0.2, 0.25) is 5.02 Å². The zero-order valence-electron chi connectivity index (χ0n) is 12.2. The molecule has 0 bridgehead atoms. The summed E-state index contributed by atoms with van der Waals surface area (Å²) in [6.07, 6.45) is 0. The molecule has 6 heteroatoms. The van der Waals surface area contributed by atoms with Crippen molar-refractivity contribution in [2.45, 2.75) is 6.92 Å². The number of hydrogen-bond acceptors (Lipinski definition) is 3. The van der Waals surface area contributed by atoms with E-state index in [1.54, 1.807) is 43.3 Å². The molecular formula is C17H13ClN2O3. The van der Waals surface area contributed by atoms with E-state index in [1.165, 1.54) is 0 Å². The van der Waals surface area contributed by atoms with Gasteiger partial charge in [0.2, 0.25) is 5.91 Å². The van der Waals surface area contributed by atoms with Gasteiger partial charge in [-0.15, -0.1) is 0 Å². The van der Waals surface area contributed by atoms with Crippen LogP contribution < -0.4 is 11.1 Å². The smallest absolute Gasteiger partial charge is 0.291 e. The maximum Gasteiger partial charge on any atom is 0.291 e. The van der Waals surface area contributed by atoms with Crippen molar-refractivity contribution in [3.8, 4) is 0 Å². The van der Waals surface area contributed by atoms with Crippen LogP contribution >= 0.6 is 11.6 Å². The largest absolute Gasteiger partial charge is 0.449 e. The second kappa shape index (κ2) is 5.78. The number of halogens is 1. The lowest BCUT2D eigenvalue weighted by atomic mass is 10.1. The summed E-state index contributed by atoms with van der Waals surface area (Å²) in [5.74, 6) is -0.709. The van der Waals surface area contributed by atoms with Gasteiger partial charge in [-0.05, 0) is 37.3 Å². The zero-order chi connectivity index (χ0) is 16.6. The number of aryl methyl sites for hydroxylation is 1. The van der Waals surface area contributed by atoms with Crippen molar-refractivity contribution in [2.24, 2.45) is 5.73 Å². The summed E-state index contributed by atoms with van der Waals surface area (Å²) in [7, 11) is 0. The summed E-state index contributed by atoms with van der Waals surface area (Å²) in [6, 6.07) is 11.6. The first-order valence-electron chi connectivity index (χ1n) is 6.86. The van der Waals surface area contributed by atoms with Gasteiger partial charge in [-0.1, -0.05) is 23.7 Å². The van der Waals surface area contributed by atoms with E-state index in [4.69, 9.17) is 21.8 Å². The predicted octanol–water partition coefficient (Wildman–Crippen LogP) is 3.75. The van der Waals surface area contributed by atoms with Crippen LogP contribution in [-0.4, -0.2) is 11.8 Å². The number of fused-ring (bicyclic) bond motifs is 1. The highest BCUT2D eigenvalue weighted by molar-refractivity contribution is 6.35. The Bertz CT molecular complexity index is 913. The third-order valence-electron chi connectivity index (χ3n) is 3.55. The molecule has 0 spiro atoms. The molecule has 0 aliphatic carbocycles. The number of benzene rings is 2. The second-order valence-corrected chi connectivity index (χ2v) is 5.48. The number of carbonyl (C=O) groups excluding carboxylic acids is 2. The number of rotatable bonds is 3. The molecular weight excluding hydrogens is 316 g/mol. The van der Waals surface area contributed by atoms with E-state index in [9.17, 15) is 9.59 Å². The van der Waals surface area contributed by atoms with E-state index in [1.807, 2.05) is 6.07 Å². The van der Waals surface area contributed by atoms with Gasteiger partial charge < -0.3 is 15.5 Å². The fraction of sp³-hybridized carbons (Fsp3) is 0.0588. The number of nitrogens with two attached hydrogens (primary N) is 1.